The summed E-state index contributed by atoms with van der Waals surface area (Å²) >= 11 is 18.4. The van der Waals surface area contributed by atoms with Crippen LogP contribution in [-0.2, 0) is 16.2 Å². The number of aryl methyl sites for hydroxylation is 1. The van der Waals surface area contributed by atoms with Crippen LogP contribution in [0.3, 0.4) is 0 Å². The number of barbiturate groups is 1. The smallest absolute Gasteiger partial charge is 0.335 e. The molecule has 5 rings (SSSR count). The van der Waals surface area contributed by atoms with E-state index in [-0.39, 0.29) is 5.57 Å². The van der Waals surface area contributed by atoms with Crippen molar-refractivity contribution in [2.24, 2.45) is 0 Å². The fraction of sp³-hybridized carbons (Fsp3) is 0.129. The number of nitrogens with zero attached hydrogens (tertiary/aromatic N) is 2. The van der Waals surface area contributed by atoms with Crippen molar-refractivity contribution in [1.82, 2.24) is 9.88 Å². The number of rotatable bonds is 6. The van der Waals surface area contributed by atoms with Gasteiger partial charge >= 0.3 is 6.03 Å². The van der Waals surface area contributed by atoms with Crippen LogP contribution in [0.25, 0.3) is 11.8 Å². The maximum atomic E-state index is 13.4. The molecule has 0 aliphatic carbocycles. The zero-order valence-corrected chi connectivity index (χ0v) is 24.6. The second kappa shape index (κ2) is 11.4. The van der Waals surface area contributed by atoms with Gasteiger partial charge in [0.15, 0.2) is 0 Å². The Bertz CT molecular complexity index is 1740. The third kappa shape index (κ3) is 5.61. The van der Waals surface area contributed by atoms with Crippen molar-refractivity contribution < 1.29 is 19.1 Å². The number of halogens is 3. The molecule has 41 heavy (non-hydrogen) atoms. The van der Waals surface area contributed by atoms with Gasteiger partial charge in [-0.2, -0.15) is 0 Å². The Kier molecular flexibility index (Phi) is 7.95. The predicted octanol–water partition coefficient (Wildman–Crippen LogP) is 7.61. The molecule has 0 bridgehead atoms. The lowest BCUT2D eigenvalue weighted by molar-refractivity contribution is -0.122. The molecule has 2 heterocycles. The first kappa shape index (κ1) is 28.5. The highest BCUT2D eigenvalue weighted by atomic mass is 35.5. The molecule has 1 aromatic heterocycles. The van der Waals surface area contributed by atoms with Crippen molar-refractivity contribution in [3.8, 4) is 11.4 Å². The van der Waals surface area contributed by atoms with Gasteiger partial charge in [-0.25, -0.2) is 9.69 Å². The Morgan fingerprint density at radius 1 is 0.878 bits per heavy atom. The third-order valence-corrected chi connectivity index (χ3v) is 7.85. The summed E-state index contributed by atoms with van der Waals surface area (Å²) in [6, 6.07) is 18.8. The Balaban J connectivity index is 1.40. The normalized spacial score (nSPS) is 14.5. The number of hydrogen-bond acceptors (Lipinski definition) is 4. The molecule has 208 valence electrons. The lowest BCUT2D eigenvalue weighted by atomic mass is 10.1. The van der Waals surface area contributed by atoms with Gasteiger partial charge in [-0.1, -0.05) is 46.9 Å². The fourth-order valence-electron chi connectivity index (χ4n) is 4.69. The Hall–Kier alpha value is -4.04. The van der Waals surface area contributed by atoms with Crippen LogP contribution in [0.4, 0.5) is 10.5 Å². The second-order valence-electron chi connectivity index (χ2n) is 9.52. The average Bonchev–Trinajstić information content (AvgIpc) is 3.21. The number of aromatic nitrogens is 1. The van der Waals surface area contributed by atoms with E-state index in [0.29, 0.717) is 44.2 Å². The number of benzene rings is 3. The minimum Gasteiger partial charge on any atom is -0.489 e. The quantitative estimate of drug-likeness (QED) is 0.180. The van der Waals surface area contributed by atoms with E-state index < -0.39 is 17.8 Å². The highest BCUT2D eigenvalue weighted by molar-refractivity contribution is 6.40. The van der Waals surface area contributed by atoms with Gasteiger partial charge in [0.25, 0.3) is 11.8 Å². The van der Waals surface area contributed by atoms with E-state index in [1.165, 1.54) is 6.08 Å². The van der Waals surface area contributed by atoms with Gasteiger partial charge in [0.2, 0.25) is 0 Å². The average molecular weight is 609 g/mol. The number of carbonyl (C=O) groups is 3. The number of ether oxygens (including phenoxy) is 1. The minimum absolute atomic E-state index is 0.158. The van der Waals surface area contributed by atoms with E-state index in [2.05, 4.69) is 5.32 Å². The van der Waals surface area contributed by atoms with Crippen LogP contribution >= 0.6 is 34.8 Å². The number of nitrogens with one attached hydrogen (secondary N) is 1. The number of anilines is 1. The minimum atomic E-state index is -0.825. The molecule has 3 aromatic carbocycles. The zero-order valence-electron chi connectivity index (χ0n) is 22.3. The summed E-state index contributed by atoms with van der Waals surface area (Å²) in [5, 5.41) is 3.76. The molecule has 1 aliphatic heterocycles. The third-order valence-electron chi connectivity index (χ3n) is 6.86. The van der Waals surface area contributed by atoms with Crippen LogP contribution in [0.15, 0.2) is 72.3 Å². The number of carbonyl (C=O) groups excluding carboxylic acids is 3. The first-order chi connectivity index (χ1) is 19.5. The maximum Gasteiger partial charge on any atom is 0.335 e. The summed E-state index contributed by atoms with van der Waals surface area (Å²) in [5.41, 5.74) is 4.74. The molecule has 7 nitrogen and oxygen atoms in total. The van der Waals surface area contributed by atoms with Gasteiger partial charge in [0, 0.05) is 37.7 Å². The van der Waals surface area contributed by atoms with Crippen molar-refractivity contribution >= 4 is 64.4 Å². The molecule has 0 atom stereocenters. The molecule has 0 radical (unpaired) electrons. The molecular weight excluding hydrogens is 585 g/mol. The van der Waals surface area contributed by atoms with Crippen LogP contribution in [0.5, 0.6) is 5.75 Å². The van der Waals surface area contributed by atoms with Gasteiger partial charge < -0.3 is 9.30 Å². The fourth-order valence-corrected chi connectivity index (χ4v) is 5.32. The van der Waals surface area contributed by atoms with Gasteiger partial charge in [0.1, 0.15) is 17.9 Å². The summed E-state index contributed by atoms with van der Waals surface area (Å²) in [5.74, 6) is -0.825. The molecule has 0 unspecified atom stereocenters. The van der Waals surface area contributed by atoms with Crippen LogP contribution < -0.4 is 15.0 Å². The van der Waals surface area contributed by atoms with E-state index in [1.807, 2.05) is 54.8 Å². The number of hydrogen-bond donors (Lipinski definition) is 1. The first-order valence-corrected chi connectivity index (χ1v) is 13.7. The van der Waals surface area contributed by atoms with E-state index in [4.69, 9.17) is 39.5 Å². The van der Waals surface area contributed by atoms with Crippen molar-refractivity contribution in [2.75, 3.05) is 4.90 Å². The Morgan fingerprint density at radius 3 is 2.32 bits per heavy atom. The summed E-state index contributed by atoms with van der Waals surface area (Å²) < 4.78 is 7.90. The van der Waals surface area contributed by atoms with Crippen molar-refractivity contribution in [3.63, 3.8) is 0 Å². The summed E-state index contributed by atoms with van der Waals surface area (Å²) in [6.07, 6.45) is 1.50. The van der Waals surface area contributed by atoms with E-state index in [9.17, 15) is 14.4 Å². The molecule has 4 amide bonds. The molecule has 1 saturated heterocycles. The van der Waals surface area contributed by atoms with Crippen LogP contribution in [0, 0.1) is 20.8 Å². The topological polar surface area (TPSA) is 80.6 Å². The SMILES string of the molecule is Cc1c(Cl)cccc1N1C(=O)NC(=O)/C(=C\c2cc(C)n(-c3ccc(OCc4ccc(Cl)cc4Cl)cc3)c2C)C1=O. The molecule has 0 saturated carbocycles. The molecule has 4 aromatic rings. The standard InChI is InChI=1S/C31H24Cl3N3O4/c1-17-13-21(14-25-29(38)35-31(40)37(30(25)39)28-6-4-5-26(33)18(28)2)19(3)36(17)23-9-11-24(12-10-23)41-16-20-7-8-22(32)15-27(20)34/h4-15H,16H2,1-3H3,(H,35,38,40)/b25-14+. The molecular formula is C31H24Cl3N3O4. The van der Waals surface area contributed by atoms with Crippen molar-refractivity contribution in [3.05, 3.63) is 115 Å². The first-order valence-electron chi connectivity index (χ1n) is 12.6. The highest BCUT2D eigenvalue weighted by Gasteiger charge is 2.37. The predicted molar refractivity (Wildman–Crippen MR) is 161 cm³/mol. The monoisotopic (exact) mass is 607 g/mol. The zero-order chi connectivity index (χ0) is 29.4. The van der Waals surface area contributed by atoms with Crippen LogP contribution in [0.2, 0.25) is 15.1 Å². The second-order valence-corrected chi connectivity index (χ2v) is 10.8. The summed E-state index contributed by atoms with van der Waals surface area (Å²) in [7, 11) is 0. The molecule has 1 fully saturated rings. The molecule has 10 heteroatoms. The van der Waals surface area contributed by atoms with Crippen LogP contribution in [0.1, 0.15) is 28.1 Å². The Morgan fingerprint density at radius 2 is 1.61 bits per heavy atom. The molecule has 1 N–H and O–H groups in total. The van der Waals surface area contributed by atoms with Crippen molar-refractivity contribution in [2.45, 2.75) is 27.4 Å². The van der Waals surface area contributed by atoms with Gasteiger partial charge in [-0.15, -0.1) is 0 Å². The number of amides is 4. The number of urea groups is 1. The molecule has 1 aliphatic rings. The van der Waals surface area contributed by atoms with Crippen molar-refractivity contribution in [1.29, 1.82) is 0 Å². The van der Waals surface area contributed by atoms with Gasteiger partial charge in [-0.3, -0.25) is 14.9 Å². The van der Waals surface area contributed by atoms with Gasteiger partial charge in [-0.05, 0) is 92.6 Å². The van der Waals surface area contributed by atoms with E-state index >= 15 is 0 Å². The molecule has 0 spiro atoms. The van der Waals surface area contributed by atoms with E-state index in [1.54, 1.807) is 37.3 Å². The number of imide groups is 2. The van der Waals surface area contributed by atoms with E-state index in [0.717, 1.165) is 27.5 Å². The van der Waals surface area contributed by atoms with Gasteiger partial charge in [0.05, 0.1) is 5.69 Å². The lowest BCUT2D eigenvalue weighted by Crippen LogP contribution is -2.54. The summed E-state index contributed by atoms with van der Waals surface area (Å²) in [6.45, 7) is 5.81. The summed E-state index contributed by atoms with van der Waals surface area (Å²) in [4.78, 5) is 39.8. The maximum absolute atomic E-state index is 13.4. The Labute approximate surface area is 251 Å². The largest absolute Gasteiger partial charge is 0.489 e. The lowest BCUT2D eigenvalue weighted by Gasteiger charge is -2.27. The highest BCUT2D eigenvalue weighted by Crippen LogP contribution is 2.31. The van der Waals surface area contributed by atoms with Crippen LogP contribution in [-0.4, -0.2) is 22.4 Å².